The van der Waals surface area contributed by atoms with Crippen LogP contribution in [0.3, 0.4) is 0 Å². The van der Waals surface area contributed by atoms with Crippen molar-refractivity contribution in [3.8, 4) is 0 Å². The lowest BCUT2D eigenvalue weighted by Gasteiger charge is -2.08. The number of rotatable bonds is 9. The molecule has 0 aromatic heterocycles. The zero-order valence-corrected chi connectivity index (χ0v) is 15.6. The molecule has 0 unspecified atom stereocenters. The summed E-state index contributed by atoms with van der Waals surface area (Å²) in [5.74, 6) is -0.693. The highest BCUT2D eigenvalue weighted by Crippen LogP contribution is 2.09. The summed E-state index contributed by atoms with van der Waals surface area (Å²) in [6.45, 7) is 0.726. The van der Waals surface area contributed by atoms with Gasteiger partial charge in [-0.3, -0.25) is 14.4 Å². The van der Waals surface area contributed by atoms with Crippen LogP contribution in [0.4, 0.5) is 0 Å². The minimum atomic E-state index is -0.247. The van der Waals surface area contributed by atoms with Crippen molar-refractivity contribution < 1.29 is 14.4 Å². The minimum absolute atomic E-state index is 0.0667. The maximum atomic E-state index is 11.9. The van der Waals surface area contributed by atoms with E-state index in [0.29, 0.717) is 30.1 Å². The van der Waals surface area contributed by atoms with E-state index in [2.05, 4.69) is 16.0 Å². The average Bonchev–Trinajstić information content (AvgIpc) is 2.69. The van der Waals surface area contributed by atoms with Crippen LogP contribution < -0.4 is 16.0 Å². The van der Waals surface area contributed by atoms with Gasteiger partial charge in [0.25, 0.3) is 5.91 Å². The standard InChI is InChI=1S/C20H22ClN3O3/c21-17-10-8-16(9-11-17)20(27)22-12-4-7-18(25)24-14-19(26)23-13-15-5-2-1-3-6-15/h1-3,5-6,8-11H,4,7,12-14H2,(H,22,27)(H,23,26)(H,24,25). The molecule has 7 heteroatoms. The van der Waals surface area contributed by atoms with Crippen molar-refractivity contribution in [3.05, 3.63) is 70.7 Å². The van der Waals surface area contributed by atoms with Crippen LogP contribution >= 0.6 is 11.6 Å². The maximum Gasteiger partial charge on any atom is 0.251 e. The number of halogens is 1. The van der Waals surface area contributed by atoms with Crippen LogP contribution in [0, 0.1) is 0 Å². The van der Waals surface area contributed by atoms with Gasteiger partial charge >= 0.3 is 0 Å². The molecule has 6 nitrogen and oxygen atoms in total. The van der Waals surface area contributed by atoms with Crippen molar-refractivity contribution in [1.82, 2.24) is 16.0 Å². The molecule has 142 valence electrons. The predicted molar refractivity (Wildman–Crippen MR) is 104 cm³/mol. The Labute approximate surface area is 163 Å². The zero-order chi connectivity index (χ0) is 19.5. The third-order valence-corrected chi connectivity index (χ3v) is 4.00. The molecule has 2 rings (SSSR count). The van der Waals surface area contributed by atoms with Crippen molar-refractivity contribution >= 4 is 29.3 Å². The van der Waals surface area contributed by atoms with Crippen molar-refractivity contribution in [1.29, 1.82) is 0 Å². The fraction of sp³-hybridized carbons (Fsp3) is 0.250. The van der Waals surface area contributed by atoms with Gasteiger partial charge in [-0.15, -0.1) is 0 Å². The molecule has 0 aliphatic rings. The van der Waals surface area contributed by atoms with Crippen LogP contribution in [0.1, 0.15) is 28.8 Å². The Hall–Kier alpha value is -2.86. The van der Waals surface area contributed by atoms with E-state index < -0.39 is 0 Å². The van der Waals surface area contributed by atoms with Gasteiger partial charge in [-0.05, 0) is 36.2 Å². The van der Waals surface area contributed by atoms with E-state index in [1.807, 2.05) is 30.3 Å². The first-order valence-corrected chi connectivity index (χ1v) is 9.03. The second kappa shape index (κ2) is 11.0. The largest absolute Gasteiger partial charge is 0.352 e. The number of hydrogen-bond acceptors (Lipinski definition) is 3. The quantitative estimate of drug-likeness (QED) is 0.577. The number of amides is 3. The van der Waals surface area contributed by atoms with Gasteiger partial charge in [-0.1, -0.05) is 41.9 Å². The fourth-order valence-corrected chi connectivity index (χ4v) is 2.41. The van der Waals surface area contributed by atoms with E-state index >= 15 is 0 Å². The van der Waals surface area contributed by atoms with E-state index in [1.165, 1.54) is 0 Å². The smallest absolute Gasteiger partial charge is 0.251 e. The molecule has 2 aromatic rings. The SMILES string of the molecule is O=C(CCCNC(=O)c1ccc(Cl)cc1)NCC(=O)NCc1ccccc1. The summed E-state index contributed by atoms with van der Waals surface area (Å²) in [5, 5.41) is 8.61. The first-order valence-electron chi connectivity index (χ1n) is 8.65. The van der Waals surface area contributed by atoms with Gasteiger partial charge in [0.1, 0.15) is 0 Å². The van der Waals surface area contributed by atoms with Crippen LogP contribution in [-0.4, -0.2) is 30.8 Å². The van der Waals surface area contributed by atoms with Gasteiger partial charge in [0.2, 0.25) is 11.8 Å². The Morgan fingerprint density at radius 1 is 0.815 bits per heavy atom. The van der Waals surface area contributed by atoms with Gasteiger partial charge < -0.3 is 16.0 Å². The van der Waals surface area contributed by atoms with Crippen molar-refractivity contribution in [2.75, 3.05) is 13.1 Å². The van der Waals surface area contributed by atoms with Gasteiger partial charge in [-0.2, -0.15) is 0 Å². The second-order valence-electron chi connectivity index (χ2n) is 5.91. The molecule has 0 aliphatic carbocycles. The third kappa shape index (κ3) is 7.92. The molecule has 2 aromatic carbocycles. The Morgan fingerprint density at radius 3 is 2.22 bits per heavy atom. The van der Waals surface area contributed by atoms with Crippen LogP contribution in [0.2, 0.25) is 5.02 Å². The molecule has 0 saturated heterocycles. The lowest BCUT2D eigenvalue weighted by molar-refractivity contribution is -0.126. The summed E-state index contributed by atoms with van der Waals surface area (Å²) in [6, 6.07) is 16.1. The normalized spacial score (nSPS) is 10.1. The third-order valence-electron chi connectivity index (χ3n) is 3.75. The van der Waals surface area contributed by atoms with E-state index in [-0.39, 0.29) is 30.7 Å². The molecular weight excluding hydrogens is 366 g/mol. The number of carbonyl (C=O) groups is 3. The van der Waals surface area contributed by atoms with Crippen LogP contribution in [0.5, 0.6) is 0 Å². The molecule has 0 heterocycles. The van der Waals surface area contributed by atoms with Gasteiger partial charge in [0.15, 0.2) is 0 Å². The van der Waals surface area contributed by atoms with E-state index in [1.54, 1.807) is 24.3 Å². The molecule has 0 radical (unpaired) electrons. The molecule has 3 amide bonds. The summed E-state index contributed by atoms with van der Waals surface area (Å²) in [5.41, 5.74) is 1.51. The predicted octanol–water partition coefficient (Wildman–Crippen LogP) is 2.28. The lowest BCUT2D eigenvalue weighted by Crippen LogP contribution is -2.36. The zero-order valence-electron chi connectivity index (χ0n) is 14.8. The Bertz CT molecular complexity index is 764. The molecule has 0 atom stereocenters. The molecule has 0 bridgehead atoms. The van der Waals surface area contributed by atoms with Crippen molar-refractivity contribution in [2.45, 2.75) is 19.4 Å². The van der Waals surface area contributed by atoms with Crippen molar-refractivity contribution in [3.63, 3.8) is 0 Å². The summed E-state index contributed by atoms with van der Waals surface area (Å²) in [6.07, 6.45) is 0.712. The van der Waals surface area contributed by atoms with Crippen LogP contribution in [-0.2, 0) is 16.1 Å². The second-order valence-corrected chi connectivity index (χ2v) is 6.34. The highest BCUT2D eigenvalue weighted by molar-refractivity contribution is 6.30. The minimum Gasteiger partial charge on any atom is -0.352 e. The molecule has 3 N–H and O–H groups in total. The molecule has 0 aliphatic heterocycles. The van der Waals surface area contributed by atoms with Gasteiger partial charge in [0.05, 0.1) is 6.54 Å². The summed E-state index contributed by atoms with van der Waals surface area (Å²) in [4.78, 5) is 35.4. The summed E-state index contributed by atoms with van der Waals surface area (Å²) < 4.78 is 0. The summed E-state index contributed by atoms with van der Waals surface area (Å²) in [7, 11) is 0. The Kier molecular flexibility index (Phi) is 8.32. The highest BCUT2D eigenvalue weighted by Gasteiger charge is 2.07. The number of carbonyl (C=O) groups excluding carboxylic acids is 3. The van der Waals surface area contributed by atoms with E-state index in [9.17, 15) is 14.4 Å². The molecular formula is C20H22ClN3O3. The number of nitrogens with one attached hydrogen (secondary N) is 3. The van der Waals surface area contributed by atoms with Crippen LogP contribution in [0.15, 0.2) is 54.6 Å². The molecule has 0 saturated carbocycles. The Balaban J connectivity index is 1.56. The van der Waals surface area contributed by atoms with E-state index in [4.69, 9.17) is 11.6 Å². The number of hydrogen-bond donors (Lipinski definition) is 3. The monoisotopic (exact) mass is 387 g/mol. The number of benzene rings is 2. The average molecular weight is 388 g/mol. The van der Waals surface area contributed by atoms with Crippen LogP contribution in [0.25, 0.3) is 0 Å². The topological polar surface area (TPSA) is 87.3 Å². The van der Waals surface area contributed by atoms with Gasteiger partial charge in [0, 0.05) is 30.1 Å². The molecule has 0 fully saturated rings. The highest BCUT2D eigenvalue weighted by atomic mass is 35.5. The first-order chi connectivity index (χ1) is 13.0. The fourth-order valence-electron chi connectivity index (χ4n) is 2.28. The first kappa shape index (κ1) is 20.5. The van der Waals surface area contributed by atoms with Crippen molar-refractivity contribution in [2.24, 2.45) is 0 Å². The maximum absolute atomic E-state index is 11.9. The van der Waals surface area contributed by atoms with E-state index in [0.717, 1.165) is 5.56 Å². The Morgan fingerprint density at radius 2 is 1.52 bits per heavy atom. The lowest BCUT2D eigenvalue weighted by atomic mass is 10.2. The van der Waals surface area contributed by atoms with Gasteiger partial charge in [-0.25, -0.2) is 0 Å². The molecule has 27 heavy (non-hydrogen) atoms. The summed E-state index contributed by atoms with van der Waals surface area (Å²) >= 11 is 5.78. The molecule has 0 spiro atoms.